The summed E-state index contributed by atoms with van der Waals surface area (Å²) in [6, 6.07) is 8.48. The van der Waals surface area contributed by atoms with Crippen LogP contribution in [-0.2, 0) is 45.9 Å². The first-order chi connectivity index (χ1) is 14.8. The molecule has 0 aliphatic heterocycles. The van der Waals surface area contributed by atoms with E-state index in [1.54, 1.807) is 14.2 Å². The summed E-state index contributed by atoms with van der Waals surface area (Å²) in [5, 5.41) is 10.7. The first-order valence-electron chi connectivity index (χ1n) is 11.0. The molecule has 0 bridgehead atoms. The maximum absolute atomic E-state index is 10.7. The predicted octanol–water partition coefficient (Wildman–Crippen LogP) is 5.51. The Morgan fingerprint density at radius 1 is 0.742 bits per heavy atom. The van der Waals surface area contributed by atoms with E-state index in [4.69, 9.17) is 18.9 Å². The quantitative estimate of drug-likeness (QED) is 0.481. The molecule has 0 aliphatic rings. The number of rotatable bonds is 12. The summed E-state index contributed by atoms with van der Waals surface area (Å²) in [7, 11) is 3.37. The summed E-state index contributed by atoms with van der Waals surface area (Å²) in [6.45, 7) is 13.0. The fraction of sp³-hybridized carbons (Fsp3) is 0.538. The molecule has 0 unspecified atom stereocenters. The Morgan fingerprint density at radius 2 is 1.23 bits per heavy atom. The average Bonchev–Trinajstić information content (AvgIpc) is 2.76. The lowest BCUT2D eigenvalue weighted by atomic mass is 9.75. The molecule has 2 rings (SSSR count). The number of aromatic hydroxyl groups is 1. The minimum absolute atomic E-state index is 0.311. The van der Waals surface area contributed by atoms with Gasteiger partial charge in [0.25, 0.3) is 0 Å². The van der Waals surface area contributed by atoms with Gasteiger partial charge in [0.1, 0.15) is 11.5 Å². The Bertz CT molecular complexity index is 857. The molecule has 0 saturated heterocycles. The Labute approximate surface area is 187 Å². The highest BCUT2D eigenvalue weighted by Crippen LogP contribution is 2.39. The van der Waals surface area contributed by atoms with Crippen LogP contribution in [-0.4, -0.2) is 32.5 Å². The number of ether oxygens (including phenoxy) is 4. The first-order valence-corrected chi connectivity index (χ1v) is 11.0. The van der Waals surface area contributed by atoms with Gasteiger partial charge in [-0.2, -0.15) is 0 Å². The van der Waals surface area contributed by atoms with E-state index < -0.39 is 0 Å². The van der Waals surface area contributed by atoms with Gasteiger partial charge in [0.05, 0.1) is 26.9 Å². The molecule has 1 N–H and O–H groups in total. The molecular weight excluding hydrogens is 392 g/mol. The van der Waals surface area contributed by atoms with Crippen LogP contribution in [0.5, 0.6) is 11.5 Å². The zero-order chi connectivity index (χ0) is 23.0. The van der Waals surface area contributed by atoms with E-state index in [0.29, 0.717) is 38.8 Å². The molecule has 172 valence electrons. The Balaban J connectivity index is 2.63. The maximum atomic E-state index is 10.7. The highest BCUT2D eigenvalue weighted by Gasteiger charge is 2.28. The molecule has 2 aromatic carbocycles. The van der Waals surface area contributed by atoms with Gasteiger partial charge in [0, 0.05) is 42.4 Å². The average molecular weight is 431 g/mol. The molecule has 0 saturated carbocycles. The normalized spacial score (nSPS) is 11.7. The summed E-state index contributed by atoms with van der Waals surface area (Å²) < 4.78 is 22.5. The number of phenolic OH excluding ortho intramolecular Hbond substituents is 1. The highest BCUT2D eigenvalue weighted by atomic mass is 16.5. The van der Waals surface area contributed by atoms with Crippen LogP contribution in [0.3, 0.4) is 0 Å². The van der Waals surface area contributed by atoms with Gasteiger partial charge < -0.3 is 24.1 Å². The zero-order valence-corrected chi connectivity index (χ0v) is 20.1. The molecular formula is C26H38O5. The van der Waals surface area contributed by atoms with Crippen molar-refractivity contribution in [1.82, 2.24) is 0 Å². The second-order valence-electron chi connectivity index (χ2n) is 8.16. The van der Waals surface area contributed by atoms with Crippen molar-refractivity contribution in [2.24, 2.45) is 0 Å². The van der Waals surface area contributed by atoms with Crippen molar-refractivity contribution in [1.29, 1.82) is 0 Å². The van der Waals surface area contributed by atoms with Crippen LogP contribution >= 0.6 is 0 Å². The Kier molecular flexibility index (Phi) is 9.35. The smallest absolute Gasteiger partial charge is 0.129 e. The molecule has 5 nitrogen and oxygen atoms in total. The SMILES string of the molecule is CCOCc1cc(C(C)(C)c2cc(COC)c(OC)c(COCC)c2)cc(CC)c1O. The molecule has 2 aromatic rings. The molecule has 0 amide bonds. The Morgan fingerprint density at radius 3 is 1.71 bits per heavy atom. The molecule has 31 heavy (non-hydrogen) atoms. The van der Waals surface area contributed by atoms with Crippen molar-refractivity contribution < 1.29 is 24.1 Å². The number of hydrogen-bond donors (Lipinski definition) is 1. The van der Waals surface area contributed by atoms with E-state index in [9.17, 15) is 5.11 Å². The van der Waals surface area contributed by atoms with Gasteiger partial charge in [-0.05, 0) is 55.2 Å². The summed E-state index contributed by atoms with van der Waals surface area (Å²) >= 11 is 0. The maximum Gasteiger partial charge on any atom is 0.129 e. The van der Waals surface area contributed by atoms with Crippen LogP contribution in [0.4, 0.5) is 0 Å². The van der Waals surface area contributed by atoms with Crippen LogP contribution < -0.4 is 4.74 Å². The first kappa shape index (κ1) is 25.2. The van der Waals surface area contributed by atoms with E-state index in [0.717, 1.165) is 45.6 Å². The van der Waals surface area contributed by atoms with Crippen molar-refractivity contribution in [2.45, 2.75) is 66.3 Å². The van der Waals surface area contributed by atoms with Crippen LogP contribution in [0.1, 0.15) is 68.0 Å². The van der Waals surface area contributed by atoms with Crippen molar-refractivity contribution >= 4 is 0 Å². The van der Waals surface area contributed by atoms with E-state index >= 15 is 0 Å². The summed E-state index contributed by atoms with van der Waals surface area (Å²) in [5.41, 5.74) is 5.72. The summed E-state index contributed by atoms with van der Waals surface area (Å²) in [4.78, 5) is 0. The van der Waals surface area contributed by atoms with E-state index in [-0.39, 0.29) is 5.41 Å². The lowest BCUT2D eigenvalue weighted by Gasteiger charge is -2.30. The van der Waals surface area contributed by atoms with E-state index in [2.05, 4.69) is 45.0 Å². The van der Waals surface area contributed by atoms with Crippen LogP contribution in [0.2, 0.25) is 0 Å². The largest absolute Gasteiger partial charge is 0.507 e. The lowest BCUT2D eigenvalue weighted by Crippen LogP contribution is -2.21. The predicted molar refractivity (Wildman–Crippen MR) is 124 cm³/mol. The van der Waals surface area contributed by atoms with Gasteiger partial charge in [0.2, 0.25) is 0 Å². The second-order valence-corrected chi connectivity index (χ2v) is 8.16. The monoisotopic (exact) mass is 430 g/mol. The molecule has 0 aromatic heterocycles. The van der Waals surface area contributed by atoms with Crippen LogP contribution in [0, 0.1) is 0 Å². The third kappa shape index (κ3) is 5.79. The van der Waals surface area contributed by atoms with Crippen molar-refractivity contribution in [3.8, 4) is 11.5 Å². The minimum atomic E-state index is -0.311. The number of benzene rings is 2. The number of phenols is 1. The minimum Gasteiger partial charge on any atom is -0.507 e. The van der Waals surface area contributed by atoms with Gasteiger partial charge in [-0.1, -0.05) is 26.8 Å². The number of methoxy groups -OCH3 is 2. The number of aryl methyl sites for hydroxylation is 1. The van der Waals surface area contributed by atoms with Gasteiger partial charge in [0.15, 0.2) is 0 Å². The van der Waals surface area contributed by atoms with Gasteiger partial charge in [-0.15, -0.1) is 0 Å². The van der Waals surface area contributed by atoms with Crippen molar-refractivity contribution in [3.05, 3.63) is 57.6 Å². The zero-order valence-electron chi connectivity index (χ0n) is 20.1. The van der Waals surface area contributed by atoms with Gasteiger partial charge >= 0.3 is 0 Å². The standard InChI is InChI=1S/C26H38O5/c1-8-18-11-22(12-19(24(18)27)16-30-9-2)26(4,5)23-13-20(15-28-6)25(29-7)21(14-23)17-31-10-3/h11-14,27H,8-10,15-17H2,1-7H3. The van der Waals surface area contributed by atoms with Gasteiger partial charge in [-0.25, -0.2) is 0 Å². The van der Waals surface area contributed by atoms with E-state index in [1.807, 2.05) is 13.8 Å². The molecule has 5 heteroatoms. The third-order valence-electron chi connectivity index (χ3n) is 5.76. The Hall–Kier alpha value is -2.08. The van der Waals surface area contributed by atoms with Gasteiger partial charge in [-0.3, -0.25) is 0 Å². The molecule has 0 atom stereocenters. The number of hydrogen-bond acceptors (Lipinski definition) is 5. The summed E-state index contributed by atoms with van der Waals surface area (Å²) in [6.07, 6.45) is 0.752. The fourth-order valence-electron chi connectivity index (χ4n) is 3.84. The molecule has 0 radical (unpaired) electrons. The third-order valence-corrected chi connectivity index (χ3v) is 5.76. The lowest BCUT2D eigenvalue weighted by molar-refractivity contribution is 0.131. The van der Waals surface area contributed by atoms with E-state index in [1.165, 1.54) is 0 Å². The molecule has 0 fully saturated rings. The van der Waals surface area contributed by atoms with Crippen LogP contribution in [0.15, 0.2) is 24.3 Å². The van der Waals surface area contributed by atoms with Crippen molar-refractivity contribution in [3.63, 3.8) is 0 Å². The second kappa shape index (κ2) is 11.5. The van der Waals surface area contributed by atoms with Crippen LogP contribution in [0.25, 0.3) is 0 Å². The topological polar surface area (TPSA) is 57.2 Å². The molecule has 0 aliphatic carbocycles. The summed E-state index contributed by atoms with van der Waals surface area (Å²) in [5.74, 6) is 1.15. The fourth-order valence-corrected chi connectivity index (χ4v) is 3.84. The molecule has 0 spiro atoms. The van der Waals surface area contributed by atoms with Crippen molar-refractivity contribution in [2.75, 3.05) is 27.4 Å². The highest BCUT2D eigenvalue weighted by molar-refractivity contribution is 5.52. The molecule has 0 heterocycles.